The lowest BCUT2D eigenvalue weighted by atomic mass is 9.99. The molecule has 0 unspecified atom stereocenters. The first-order valence-electron chi connectivity index (χ1n) is 6.33. The Labute approximate surface area is 112 Å². The minimum Gasteiger partial charge on any atom is -0.465 e. The SMILES string of the molecule is COC(=O)c1cnc(C2CCOCC2)nc1N(C)C. The van der Waals surface area contributed by atoms with Crippen LogP contribution in [-0.4, -0.2) is 50.4 Å². The van der Waals surface area contributed by atoms with E-state index in [1.165, 1.54) is 7.11 Å². The molecule has 1 aliphatic rings. The fourth-order valence-corrected chi connectivity index (χ4v) is 2.13. The number of anilines is 1. The summed E-state index contributed by atoms with van der Waals surface area (Å²) in [5.41, 5.74) is 0.392. The summed E-state index contributed by atoms with van der Waals surface area (Å²) in [6.07, 6.45) is 3.40. The van der Waals surface area contributed by atoms with Crippen LogP contribution in [0.5, 0.6) is 0 Å². The van der Waals surface area contributed by atoms with Crippen molar-refractivity contribution >= 4 is 11.8 Å². The topological polar surface area (TPSA) is 64.5 Å². The van der Waals surface area contributed by atoms with E-state index in [2.05, 4.69) is 9.97 Å². The van der Waals surface area contributed by atoms with Gasteiger partial charge < -0.3 is 14.4 Å². The van der Waals surface area contributed by atoms with E-state index < -0.39 is 5.97 Å². The molecule has 104 valence electrons. The molecule has 1 fully saturated rings. The van der Waals surface area contributed by atoms with E-state index >= 15 is 0 Å². The van der Waals surface area contributed by atoms with Gasteiger partial charge >= 0.3 is 5.97 Å². The molecule has 0 radical (unpaired) electrons. The average Bonchev–Trinajstić information content (AvgIpc) is 2.46. The van der Waals surface area contributed by atoms with Crippen LogP contribution in [0.25, 0.3) is 0 Å². The molecule has 2 rings (SSSR count). The van der Waals surface area contributed by atoms with Crippen molar-refractivity contribution in [2.45, 2.75) is 18.8 Å². The van der Waals surface area contributed by atoms with Gasteiger partial charge in [-0.2, -0.15) is 0 Å². The van der Waals surface area contributed by atoms with Gasteiger partial charge in [0.1, 0.15) is 17.2 Å². The maximum Gasteiger partial charge on any atom is 0.343 e. The Balaban J connectivity index is 2.32. The molecule has 0 aliphatic carbocycles. The van der Waals surface area contributed by atoms with Crippen LogP contribution >= 0.6 is 0 Å². The molecule has 0 spiro atoms. The van der Waals surface area contributed by atoms with Gasteiger partial charge in [0.15, 0.2) is 0 Å². The number of hydrogen-bond acceptors (Lipinski definition) is 6. The first-order valence-corrected chi connectivity index (χ1v) is 6.33. The molecule has 0 atom stereocenters. The van der Waals surface area contributed by atoms with E-state index in [1.54, 1.807) is 11.1 Å². The van der Waals surface area contributed by atoms with Crippen molar-refractivity contribution in [3.05, 3.63) is 17.6 Å². The first kappa shape index (κ1) is 13.7. The van der Waals surface area contributed by atoms with Gasteiger partial charge in [0, 0.05) is 39.4 Å². The quantitative estimate of drug-likeness (QED) is 0.766. The number of hydrogen-bond donors (Lipinski definition) is 0. The summed E-state index contributed by atoms with van der Waals surface area (Å²) in [6, 6.07) is 0. The van der Waals surface area contributed by atoms with Gasteiger partial charge in [0.25, 0.3) is 0 Å². The highest BCUT2D eigenvalue weighted by Gasteiger charge is 2.22. The third-order valence-corrected chi connectivity index (χ3v) is 3.20. The van der Waals surface area contributed by atoms with Crippen LogP contribution < -0.4 is 4.90 Å². The molecule has 1 aromatic rings. The number of aromatic nitrogens is 2. The van der Waals surface area contributed by atoms with E-state index in [1.807, 2.05) is 14.1 Å². The fourth-order valence-electron chi connectivity index (χ4n) is 2.13. The second kappa shape index (κ2) is 5.97. The maximum absolute atomic E-state index is 11.7. The molecule has 6 nitrogen and oxygen atoms in total. The predicted molar refractivity (Wildman–Crippen MR) is 70.5 cm³/mol. The summed E-state index contributed by atoms with van der Waals surface area (Å²) < 4.78 is 10.1. The van der Waals surface area contributed by atoms with E-state index in [4.69, 9.17) is 9.47 Å². The van der Waals surface area contributed by atoms with Gasteiger partial charge in [0.2, 0.25) is 0 Å². The number of ether oxygens (including phenoxy) is 2. The molecule has 0 bridgehead atoms. The van der Waals surface area contributed by atoms with Crippen LogP contribution in [0, 0.1) is 0 Å². The Hall–Kier alpha value is -1.69. The zero-order valence-corrected chi connectivity index (χ0v) is 11.5. The summed E-state index contributed by atoms with van der Waals surface area (Å²) in [5.74, 6) is 1.27. The Morgan fingerprint density at radius 1 is 1.42 bits per heavy atom. The van der Waals surface area contributed by atoms with Gasteiger partial charge in [-0.05, 0) is 12.8 Å². The highest BCUT2D eigenvalue weighted by atomic mass is 16.5. The van der Waals surface area contributed by atoms with Gasteiger partial charge in [0.05, 0.1) is 7.11 Å². The Morgan fingerprint density at radius 2 is 2.11 bits per heavy atom. The van der Waals surface area contributed by atoms with Crippen molar-refractivity contribution in [1.29, 1.82) is 0 Å². The Bertz CT molecular complexity index is 456. The monoisotopic (exact) mass is 265 g/mol. The third kappa shape index (κ3) is 3.01. The molecule has 19 heavy (non-hydrogen) atoms. The first-order chi connectivity index (χ1) is 9.13. The number of methoxy groups -OCH3 is 1. The Morgan fingerprint density at radius 3 is 2.68 bits per heavy atom. The van der Waals surface area contributed by atoms with Crippen LogP contribution in [0.3, 0.4) is 0 Å². The van der Waals surface area contributed by atoms with Crippen molar-refractivity contribution in [3.63, 3.8) is 0 Å². The van der Waals surface area contributed by atoms with Crippen molar-refractivity contribution in [2.75, 3.05) is 39.3 Å². The van der Waals surface area contributed by atoms with Crippen molar-refractivity contribution in [1.82, 2.24) is 9.97 Å². The molecule has 0 saturated carbocycles. The molecule has 1 aromatic heterocycles. The summed E-state index contributed by atoms with van der Waals surface area (Å²) in [4.78, 5) is 22.3. The van der Waals surface area contributed by atoms with Crippen molar-refractivity contribution in [3.8, 4) is 0 Å². The van der Waals surface area contributed by atoms with Crippen molar-refractivity contribution in [2.24, 2.45) is 0 Å². The highest BCUT2D eigenvalue weighted by Crippen LogP contribution is 2.26. The second-order valence-electron chi connectivity index (χ2n) is 4.74. The predicted octanol–water partition coefficient (Wildman–Crippen LogP) is 1.22. The van der Waals surface area contributed by atoms with Gasteiger partial charge in [-0.1, -0.05) is 0 Å². The minimum atomic E-state index is -0.415. The summed E-state index contributed by atoms with van der Waals surface area (Å²) in [6.45, 7) is 1.48. The summed E-state index contributed by atoms with van der Waals surface area (Å²) in [5, 5.41) is 0. The lowest BCUT2D eigenvalue weighted by Gasteiger charge is -2.22. The highest BCUT2D eigenvalue weighted by molar-refractivity contribution is 5.94. The van der Waals surface area contributed by atoms with Gasteiger partial charge in [-0.3, -0.25) is 0 Å². The summed E-state index contributed by atoms with van der Waals surface area (Å²) >= 11 is 0. The van der Waals surface area contributed by atoms with E-state index in [0.717, 1.165) is 31.9 Å². The molecule has 6 heteroatoms. The lowest BCUT2D eigenvalue weighted by Crippen LogP contribution is -2.21. The molecule has 1 aliphatic heterocycles. The summed E-state index contributed by atoms with van der Waals surface area (Å²) in [7, 11) is 5.05. The second-order valence-corrected chi connectivity index (χ2v) is 4.74. The van der Waals surface area contributed by atoms with E-state index in [-0.39, 0.29) is 0 Å². The molecule has 2 heterocycles. The largest absolute Gasteiger partial charge is 0.465 e. The van der Waals surface area contributed by atoms with Crippen LogP contribution in [-0.2, 0) is 9.47 Å². The van der Waals surface area contributed by atoms with Crippen LogP contribution in [0.15, 0.2) is 6.20 Å². The molecule has 0 aromatic carbocycles. The van der Waals surface area contributed by atoms with Gasteiger partial charge in [-0.25, -0.2) is 14.8 Å². The Kier molecular flexibility index (Phi) is 4.31. The zero-order chi connectivity index (χ0) is 13.8. The van der Waals surface area contributed by atoms with E-state index in [0.29, 0.717) is 17.3 Å². The molecular weight excluding hydrogens is 246 g/mol. The normalized spacial score (nSPS) is 16.2. The standard InChI is InChI=1S/C13H19N3O3/c1-16(2)12-10(13(17)18-3)8-14-11(15-12)9-4-6-19-7-5-9/h8-9H,4-7H2,1-3H3. The maximum atomic E-state index is 11.7. The third-order valence-electron chi connectivity index (χ3n) is 3.20. The fraction of sp³-hybridized carbons (Fsp3) is 0.615. The van der Waals surface area contributed by atoms with Crippen molar-refractivity contribution < 1.29 is 14.3 Å². The van der Waals surface area contributed by atoms with Crippen LogP contribution in [0.1, 0.15) is 34.9 Å². The molecular formula is C13H19N3O3. The number of carbonyl (C=O) groups excluding carboxylic acids is 1. The number of rotatable bonds is 3. The smallest absolute Gasteiger partial charge is 0.343 e. The molecule has 0 amide bonds. The number of esters is 1. The van der Waals surface area contributed by atoms with Crippen LogP contribution in [0.4, 0.5) is 5.82 Å². The molecule has 0 N–H and O–H groups in total. The number of nitrogens with zero attached hydrogens (tertiary/aromatic N) is 3. The number of carbonyl (C=O) groups is 1. The van der Waals surface area contributed by atoms with E-state index in [9.17, 15) is 4.79 Å². The molecule has 1 saturated heterocycles. The van der Waals surface area contributed by atoms with Gasteiger partial charge in [-0.15, -0.1) is 0 Å². The van der Waals surface area contributed by atoms with Crippen LogP contribution in [0.2, 0.25) is 0 Å². The average molecular weight is 265 g/mol. The zero-order valence-electron chi connectivity index (χ0n) is 11.5. The lowest BCUT2D eigenvalue weighted by molar-refractivity contribution is 0.0600. The minimum absolute atomic E-state index is 0.305.